The molecule has 1 saturated heterocycles. The molecule has 8 nitrogen and oxygen atoms in total. The molecule has 0 spiro atoms. The van der Waals surface area contributed by atoms with Crippen molar-refractivity contribution < 1.29 is 14.9 Å². The summed E-state index contributed by atoms with van der Waals surface area (Å²) in [7, 11) is 0. The van der Waals surface area contributed by atoms with Crippen LogP contribution in [0.25, 0.3) is 21.7 Å². The average molecular weight is 333 g/mol. The Morgan fingerprint density at radius 2 is 2.30 bits per heavy atom. The van der Waals surface area contributed by atoms with Gasteiger partial charge >= 0.3 is 0 Å². The molecule has 0 radical (unpaired) electrons. The number of imidazole rings is 1. The second-order valence-corrected chi connectivity index (χ2v) is 6.29. The van der Waals surface area contributed by atoms with E-state index in [1.807, 2.05) is 17.5 Å². The molecule has 0 aliphatic carbocycles. The van der Waals surface area contributed by atoms with Gasteiger partial charge in [-0.3, -0.25) is 4.57 Å². The molecular weight excluding hydrogens is 318 g/mol. The number of anilines is 1. The molecule has 1 fully saturated rings. The zero-order chi connectivity index (χ0) is 16.0. The van der Waals surface area contributed by atoms with E-state index >= 15 is 0 Å². The molecule has 0 aromatic carbocycles. The highest BCUT2D eigenvalue weighted by atomic mass is 32.1. The third kappa shape index (κ3) is 2.38. The minimum Gasteiger partial charge on any atom is -0.394 e. The molecule has 3 atom stereocenters. The maximum absolute atomic E-state index is 9.92. The monoisotopic (exact) mass is 333 g/mol. The van der Waals surface area contributed by atoms with Gasteiger partial charge in [-0.15, -0.1) is 11.3 Å². The standard InChI is InChI=1S/C14H15N5O3S/c15-14-17-11(9-2-1-3-23-9)12-13(18-14)19(6-16-12)10-4-7(21)8(5-20)22-10/h1-3,6-8,10,20-21H,4-5H2,(H2,15,17,18)/t7-,8-,10-/m1/s1. The predicted octanol–water partition coefficient (Wildman–Crippen LogP) is 0.778. The van der Waals surface area contributed by atoms with E-state index in [2.05, 4.69) is 15.0 Å². The summed E-state index contributed by atoms with van der Waals surface area (Å²) in [6.07, 6.45) is 0.187. The predicted molar refractivity (Wildman–Crippen MR) is 84.7 cm³/mol. The number of aliphatic hydroxyl groups excluding tert-OH is 2. The van der Waals surface area contributed by atoms with Gasteiger partial charge in [-0.2, -0.15) is 4.98 Å². The van der Waals surface area contributed by atoms with Gasteiger partial charge < -0.3 is 20.7 Å². The molecule has 9 heteroatoms. The van der Waals surface area contributed by atoms with Gasteiger partial charge in [0.25, 0.3) is 0 Å². The van der Waals surface area contributed by atoms with Crippen LogP contribution in [0.5, 0.6) is 0 Å². The van der Waals surface area contributed by atoms with Crippen molar-refractivity contribution in [1.29, 1.82) is 0 Å². The molecule has 4 N–H and O–H groups in total. The Morgan fingerprint density at radius 3 is 3.00 bits per heavy atom. The summed E-state index contributed by atoms with van der Waals surface area (Å²) in [6.45, 7) is -0.234. The van der Waals surface area contributed by atoms with Crippen LogP contribution in [0, 0.1) is 0 Å². The van der Waals surface area contributed by atoms with Crippen LogP contribution >= 0.6 is 11.3 Å². The van der Waals surface area contributed by atoms with Crippen LogP contribution in [0.1, 0.15) is 12.6 Å². The largest absolute Gasteiger partial charge is 0.394 e. The highest BCUT2D eigenvalue weighted by Crippen LogP contribution is 2.34. The first-order valence-electron chi connectivity index (χ1n) is 7.15. The van der Waals surface area contributed by atoms with E-state index in [-0.39, 0.29) is 12.6 Å². The third-order valence-electron chi connectivity index (χ3n) is 3.89. The van der Waals surface area contributed by atoms with Gasteiger partial charge in [0.2, 0.25) is 5.95 Å². The highest BCUT2D eigenvalue weighted by molar-refractivity contribution is 7.13. The fourth-order valence-electron chi connectivity index (χ4n) is 2.78. The highest BCUT2D eigenvalue weighted by Gasteiger charge is 2.35. The SMILES string of the molecule is Nc1nc(-c2cccs2)c2ncn([C@H]3C[C@@H](O)[C@@H](CO)O3)c2n1. The minimum atomic E-state index is -0.724. The maximum Gasteiger partial charge on any atom is 0.222 e. The Labute approximate surface area is 135 Å². The summed E-state index contributed by atoms with van der Waals surface area (Å²) in [5.74, 6) is 0.153. The van der Waals surface area contributed by atoms with E-state index in [9.17, 15) is 10.2 Å². The number of fused-ring (bicyclic) bond motifs is 1. The molecular formula is C14H15N5O3S. The number of nitrogens with zero attached hydrogens (tertiary/aromatic N) is 4. The molecule has 0 amide bonds. The molecule has 0 unspecified atom stereocenters. The summed E-state index contributed by atoms with van der Waals surface area (Å²) >= 11 is 1.55. The fourth-order valence-corrected chi connectivity index (χ4v) is 3.49. The zero-order valence-electron chi connectivity index (χ0n) is 12.0. The van der Waals surface area contributed by atoms with Gasteiger partial charge in [0.05, 0.1) is 23.9 Å². The molecule has 23 heavy (non-hydrogen) atoms. The number of hydrogen-bond acceptors (Lipinski definition) is 8. The van der Waals surface area contributed by atoms with Gasteiger partial charge in [0, 0.05) is 6.42 Å². The van der Waals surface area contributed by atoms with E-state index in [0.717, 1.165) is 4.88 Å². The van der Waals surface area contributed by atoms with Crippen LogP contribution in [-0.2, 0) is 4.74 Å². The first-order chi connectivity index (χ1) is 11.2. The zero-order valence-corrected chi connectivity index (χ0v) is 12.8. The number of thiophene rings is 1. The molecule has 120 valence electrons. The molecule has 0 bridgehead atoms. The van der Waals surface area contributed by atoms with Crippen molar-refractivity contribution >= 4 is 28.4 Å². The Morgan fingerprint density at radius 1 is 1.43 bits per heavy atom. The number of ether oxygens (including phenoxy) is 1. The van der Waals surface area contributed by atoms with Crippen LogP contribution in [0.3, 0.4) is 0 Å². The van der Waals surface area contributed by atoms with E-state index in [0.29, 0.717) is 23.3 Å². The normalized spacial score (nSPS) is 24.5. The van der Waals surface area contributed by atoms with Crippen molar-refractivity contribution in [1.82, 2.24) is 19.5 Å². The van der Waals surface area contributed by atoms with Crippen molar-refractivity contribution in [2.75, 3.05) is 12.3 Å². The molecule has 1 aliphatic rings. The lowest BCUT2D eigenvalue weighted by atomic mass is 10.2. The van der Waals surface area contributed by atoms with Crippen molar-refractivity contribution in [3.63, 3.8) is 0 Å². The van der Waals surface area contributed by atoms with Crippen LogP contribution in [0.4, 0.5) is 5.95 Å². The van der Waals surface area contributed by atoms with E-state index in [1.54, 1.807) is 22.2 Å². The van der Waals surface area contributed by atoms with Gasteiger partial charge in [-0.05, 0) is 11.4 Å². The summed E-state index contributed by atoms with van der Waals surface area (Å²) in [4.78, 5) is 13.9. The summed E-state index contributed by atoms with van der Waals surface area (Å²) in [6, 6.07) is 3.88. The second-order valence-electron chi connectivity index (χ2n) is 5.35. The van der Waals surface area contributed by atoms with Crippen molar-refractivity contribution in [2.45, 2.75) is 24.9 Å². The van der Waals surface area contributed by atoms with Gasteiger partial charge in [0.1, 0.15) is 23.5 Å². The molecule has 4 heterocycles. The molecule has 4 rings (SSSR count). The van der Waals surface area contributed by atoms with Crippen molar-refractivity contribution in [2.24, 2.45) is 0 Å². The molecule has 1 aliphatic heterocycles. The lowest BCUT2D eigenvalue weighted by molar-refractivity contribution is -0.0432. The van der Waals surface area contributed by atoms with E-state index in [4.69, 9.17) is 10.5 Å². The Kier molecular flexibility index (Phi) is 3.49. The topological polar surface area (TPSA) is 119 Å². The number of aromatic nitrogens is 4. The minimum absolute atomic E-state index is 0.153. The molecule has 0 saturated carbocycles. The van der Waals surface area contributed by atoms with Gasteiger partial charge in [-0.1, -0.05) is 6.07 Å². The van der Waals surface area contributed by atoms with E-state index < -0.39 is 18.4 Å². The quantitative estimate of drug-likeness (QED) is 0.648. The smallest absolute Gasteiger partial charge is 0.222 e. The lowest BCUT2D eigenvalue weighted by Crippen LogP contribution is -2.24. The first kappa shape index (κ1) is 14.5. The van der Waals surface area contributed by atoms with Crippen molar-refractivity contribution in [3.05, 3.63) is 23.8 Å². The summed E-state index contributed by atoms with van der Waals surface area (Å²) < 4.78 is 7.40. The van der Waals surface area contributed by atoms with Crippen molar-refractivity contribution in [3.8, 4) is 10.6 Å². The maximum atomic E-state index is 9.92. The molecule has 3 aromatic heterocycles. The summed E-state index contributed by atoms with van der Waals surface area (Å²) in [5, 5.41) is 21.1. The second kappa shape index (κ2) is 5.53. The van der Waals surface area contributed by atoms with Crippen LogP contribution in [0.15, 0.2) is 23.8 Å². The molecule has 3 aromatic rings. The summed E-state index contributed by atoms with van der Waals surface area (Å²) in [5.41, 5.74) is 7.71. The Bertz CT molecular complexity index is 834. The van der Waals surface area contributed by atoms with Gasteiger partial charge in [0.15, 0.2) is 5.65 Å². The van der Waals surface area contributed by atoms with E-state index in [1.165, 1.54) is 0 Å². The lowest BCUT2D eigenvalue weighted by Gasteiger charge is -2.13. The average Bonchev–Trinajstić information content (AvgIpc) is 3.24. The third-order valence-corrected chi connectivity index (χ3v) is 4.76. The Balaban J connectivity index is 1.81. The van der Waals surface area contributed by atoms with Gasteiger partial charge in [-0.25, -0.2) is 9.97 Å². The number of rotatable bonds is 3. The fraction of sp³-hybridized carbons (Fsp3) is 0.357. The number of nitrogens with two attached hydrogens (primary N) is 1. The number of hydrogen-bond donors (Lipinski definition) is 3. The van der Waals surface area contributed by atoms with Crippen LogP contribution in [0.2, 0.25) is 0 Å². The number of aliphatic hydroxyl groups is 2. The van der Waals surface area contributed by atoms with Crippen LogP contribution in [-0.4, -0.2) is 48.5 Å². The Hall–Kier alpha value is -2.07. The number of nitrogen functional groups attached to an aromatic ring is 1. The first-order valence-corrected chi connectivity index (χ1v) is 8.03. The van der Waals surface area contributed by atoms with Crippen LogP contribution < -0.4 is 5.73 Å².